The van der Waals surface area contributed by atoms with Crippen molar-refractivity contribution in [1.29, 1.82) is 0 Å². The van der Waals surface area contributed by atoms with Crippen LogP contribution in [0, 0.1) is 0 Å². The van der Waals surface area contributed by atoms with Crippen molar-refractivity contribution >= 4 is 12.0 Å². The zero-order valence-corrected chi connectivity index (χ0v) is 8.14. The zero-order valence-electron chi connectivity index (χ0n) is 8.14. The molecule has 0 aromatic carbocycles. The Morgan fingerprint density at radius 3 is 2.80 bits per heavy atom. The normalized spacial score (nSPS) is 10.2. The molecule has 2 rings (SSSR count). The van der Waals surface area contributed by atoms with Crippen LogP contribution < -0.4 is 10.6 Å². The van der Waals surface area contributed by atoms with Crippen LogP contribution in [0.1, 0.15) is 5.89 Å². The molecular weight excluding hydrogens is 196 g/mol. The van der Waals surface area contributed by atoms with E-state index >= 15 is 0 Å². The minimum atomic E-state index is 0.284. The Balaban J connectivity index is 2.05. The van der Waals surface area contributed by atoms with Gasteiger partial charge in [-0.05, 0) is 13.1 Å². The van der Waals surface area contributed by atoms with Crippen LogP contribution in [0.15, 0.2) is 22.9 Å². The van der Waals surface area contributed by atoms with E-state index < -0.39 is 0 Å². The molecule has 0 aliphatic rings. The molecule has 2 aromatic heterocycles. The van der Waals surface area contributed by atoms with Crippen LogP contribution in [0.5, 0.6) is 0 Å². The van der Waals surface area contributed by atoms with Crippen LogP contribution in [0.25, 0.3) is 0 Å². The number of rotatable bonds is 4. The van der Waals surface area contributed by atoms with Gasteiger partial charge >= 0.3 is 6.01 Å². The molecule has 15 heavy (non-hydrogen) atoms. The Bertz CT molecular complexity index is 414. The smallest absolute Gasteiger partial charge is 0.322 e. The van der Waals surface area contributed by atoms with Crippen molar-refractivity contribution < 1.29 is 4.42 Å². The van der Waals surface area contributed by atoms with E-state index in [9.17, 15) is 0 Å². The van der Waals surface area contributed by atoms with Crippen LogP contribution >= 0.6 is 0 Å². The first-order valence-corrected chi connectivity index (χ1v) is 4.39. The van der Waals surface area contributed by atoms with E-state index in [0.29, 0.717) is 18.4 Å². The van der Waals surface area contributed by atoms with E-state index in [1.807, 2.05) is 0 Å². The lowest BCUT2D eigenvalue weighted by Gasteiger charge is -1.96. The van der Waals surface area contributed by atoms with Crippen LogP contribution in [-0.4, -0.2) is 27.2 Å². The Labute approximate surface area is 86.0 Å². The maximum atomic E-state index is 5.25. The Hall–Kier alpha value is -2.02. The molecule has 0 radical (unpaired) electrons. The number of nitrogens with zero attached hydrogens (tertiary/aromatic N) is 4. The molecular formula is C8H10N6O. The van der Waals surface area contributed by atoms with Crippen molar-refractivity contribution in [2.75, 3.05) is 12.4 Å². The quantitative estimate of drug-likeness (QED) is 0.744. The van der Waals surface area contributed by atoms with Gasteiger partial charge in [-0.2, -0.15) is 0 Å². The van der Waals surface area contributed by atoms with Gasteiger partial charge in [-0.25, -0.2) is 9.97 Å². The van der Waals surface area contributed by atoms with Gasteiger partial charge in [0.05, 0.1) is 6.54 Å². The summed E-state index contributed by atoms with van der Waals surface area (Å²) in [5.41, 5.74) is 0. The zero-order chi connectivity index (χ0) is 10.5. The van der Waals surface area contributed by atoms with Crippen molar-refractivity contribution in [1.82, 2.24) is 25.5 Å². The second-order valence-electron chi connectivity index (χ2n) is 2.73. The second kappa shape index (κ2) is 4.47. The molecule has 2 N–H and O–H groups in total. The largest absolute Gasteiger partial charge is 0.406 e. The van der Waals surface area contributed by atoms with Gasteiger partial charge in [0.2, 0.25) is 11.8 Å². The van der Waals surface area contributed by atoms with Crippen LogP contribution in [0.4, 0.5) is 12.0 Å². The summed E-state index contributed by atoms with van der Waals surface area (Å²) < 4.78 is 5.25. The predicted octanol–water partition coefficient (Wildman–Crippen LogP) is 0.323. The number of hydrogen-bond acceptors (Lipinski definition) is 7. The average molecular weight is 206 g/mol. The van der Waals surface area contributed by atoms with Gasteiger partial charge < -0.3 is 9.73 Å². The molecule has 0 aliphatic carbocycles. The molecule has 0 saturated heterocycles. The number of anilines is 2. The molecule has 2 heterocycles. The fourth-order valence-corrected chi connectivity index (χ4v) is 0.986. The Kier molecular flexibility index (Phi) is 2.84. The first-order chi connectivity index (χ1) is 7.38. The van der Waals surface area contributed by atoms with Crippen LogP contribution in [0.2, 0.25) is 0 Å². The molecule has 7 nitrogen and oxygen atoms in total. The molecule has 0 fully saturated rings. The van der Waals surface area contributed by atoms with Crippen molar-refractivity contribution in [3.63, 3.8) is 0 Å². The second-order valence-corrected chi connectivity index (χ2v) is 2.73. The summed E-state index contributed by atoms with van der Waals surface area (Å²) in [7, 11) is 1.80. The maximum absolute atomic E-state index is 5.25. The summed E-state index contributed by atoms with van der Waals surface area (Å²) in [5.74, 6) is 0.938. The van der Waals surface area contributed by atoms with Crippen LogP contribution in [0.3, 0.4) is 0 Å². The van der Waals surface area contributed by atoms with Crippen molar-refractivity contribution in [3.05, 3.63) is 24.4 Å². The minimum absolute atomic E-state index is 0.284. The summed E-state index contributed by atoms with van der Waals surface area (Å²) >= 11 is 0. The molecule has 0 atom stereocenters. The van der Waals surface area contributed by atoms with Crippen molar-refractivity contribution in [3.8, 4) is 0 Å². The number of hydrogen-bond donors (Lipinski definition) is 2. The van der Waals surface area contributed by atoms with E-state index in [2.05, 4.69) is 30.8 Å². The van der Waals surface area contributed by atoms with Gasteiger partial charge in [-0.15, -0.1) is 5.10 Å². The third-order valence-electron chi connectivity index (χ3n) is 1.58. The molecule has 0 spiro atoms. The topological polar surface area (TPSA) is 88.8 Å². The molecule has 2 aromatic rings. The lowest BCUT2D eigenvalue weighted by molar-refractivity contribution is 0.492. The third kappa shape index (κ3) is 2.47. The van der Waals surface area contributed by atoms with Gasteiger partial charge in [0.25, 0.3) is 0 Å². The van der Waals surface area contributed by atoms with E-state index in [-0.39, 0.29) is 6.01 Å². The summed E-state index contributed by atoms with van der Waals surface area (Å²) in [4.78, 5) is 7.93. The highest BCUT2D eigenvalue weighted by molar-refractivity contribution is 5.38. The van der Waals surface area contributed by atoms with E-state index in [4.69, 9.17) is 4.42 Å². The highest BCUT2D eigenvalue weighted by Crippen LogP contribution is 2.09. The average Bonchev–Trinajstić information content (AvgIpc) is 2.68. The molecule has 7 heteroatoms. The van der Waals surface area contributed by atoms with Gasteiger partial charge in [-0.1, -0.05) is 5.10 Å². The van der Waals surface area contributed by atoms with E-state index in [1.54, 1.807) is 25.5 Å². The lowest BCUT2D eigenvalue weighted by atomic mass is 10.6. The summed E-state index contributed by atoms with van der Waals surface area (Å²) in [6, 6.07) is 2.01. The molecule has 0 aliphatic heterocycles. The summed E-state index contributed by atoms with van der Waals surface area (Å²) in [6.07, 6.45) is 3.25. The minimum Gasteiger partial charge on any atom is -0.406 e. The van der Waals surface area contributed by atoms with Gasteiger partial charge in [0, 0.05) is 12.4 Å². The first kappa shape index (κ1) is 9.53. The fourth-order valence-electron chi connectivity index (χ4n) is 0.986. The highest BCUT2D eigenvalue weighted by Gasteiger charge is 2.05. The lowest BCUT2D eigenvalue weighted by Crippen LogP contribution is -2.04. The monoisotopic (exact) mass is 206 g/mol. The molecule has 0 amide bonds. The summed E-state index contributed by atoms with van der Waals surface area (Å²) in [6.45, 7) is 0.532. The van der Waals surface area contributed by atoms with Gasteiger partial charge in [0.15, 0.2) is 0 Å². The Morgan fingerprint density at radius 2 is 2.07 bits per heavy atom. The van der Waals surface area contributed by atoms with Gasteiger partial charge in [-0.3, -0.25) is 5.32 Å². The summed E-state index contributed by atoms with van der Waals surface area (Å²) in [5, 5.41) is 13.3. The van der Waals surface area contributed by atoms with E-state index in [1.165, 1.54) is 0 Å². The molecule has 0 bridgehead atoms. The van der Waals surface area contributed by atoms with Crippen molar-refractivity contribution in [2.45, 2.75) is 6.54 Å². The molecule has 0 unspecified atom stereocenters. The van der Waals surface area contributed by atoms with Crippen molar-refractivity contribution in [2.24, 2.45) is 0 Å². The molecule has 0 saturated carbocycles. The predicted molar refractivity (Wildman–Crippen MR) is 52.4 cm³/mol. The number of nitrogens with one attached hydrogen (secondary N) is 2. The van der Waals surface area contributed by atoms with Gasteiger partial charge in [0.1, 0.15) is 0 Å². The first-order valence-electron chi connectivity index (χ1n) is 4.39. The standard InChI is InChI=1S/C8H10N6O/c1-9-5-6-13-14-8(15-6)12-7-10-3-2-4-11-7/h2-4,9H,5H2,1H3,(H,10,11,12,14). The number of aromatic nitrogens is 4. The molecule has 78 valence electrons. The van der Waals surface area contributed by atoms with Crippen LogP contribution in [-0.2, 0) is 6.54 Å². The maximum Gasteiger partial charge on any atom is 0.322 e. The van der Waals surface area contributed by atoms with E-state index in [0.717, 1.165) is 0 Å². The fraction of sp³-hybridized carbons (Fsp3) is 0.250. The third-order valence-corrected chi connectivity index (χ3v) is 1.58. The SMILES string of the molecule is CNCc1nnc(Nc2ncccn2)o1. The highest BCUT2D eigenvalue weighted by atomic mass is 16.4. The Morgan fingerprint density at radius 1 is 1.27 bits per heavy atom.